The maximum atomic E-state index is 9.13. The van der Waals surface area contributed by atoms with E-state index in [1.165, 1.54) is 0 Å². The topological polar surface area (TPSA) is 46.2 Å². The minimum atomic E-state index is -0.0602. The van der Waals surface area contributed by atoms with Crippen LogP contribution < -0.4 is 5.73 Å². The smallest absolute Gasteiger partial charge is 0.0586 e. The Hall–Kier alpha value is -0.0800. The summed E-state index contributed by atoms with van der Waals surface area (Å²) < 4.78 is 0. The maximum Gasteiger partial charge on any atom is 0.0586 e. The highest BCUT2D eigenvalue weighted by molar-refractivity contribution is 5.08. The van der Waals surface area contributed by atoms with Gasteiger partial charge in [0.05, 0.1) is 6.10 Å². The molecule has 2 saturated carbocycles. The quantitative estimate of drug-likeness (QED) is 0.453. The molecule has 46 valence electrons. The average Bonchev–Trinajstić information content (AvgIpc) is 2.13. The van der Waals surface area contributed by atoms with Gasteiger partial charge in [-0.05, 0) is 18.8 Å². The number of rotatable bonds is 0. The van der Waals surface area contributed by atoms with Crippen LogP contribution in [0.15, 0.2) is 0 Å². The summed E-state index contributed by atoms with van der Waals surface area (Å²) in [7, 11) is 0. The Morgan fingerprint density at radius 2 is 2.12 bits per heavy atom. The molecule has 2 aliphatic rings. The van der Waals surface area contributed by atoms with Crippen LogP contribution in [-0.4, -0.2) is 17.3 Å². The van der Waals surface area contributed by atoms with Crippen molar-refractivity contribution < 1.29 is 5.11 Å². The zero-order valence-corrected chi connectivity index (χ0v) is 4.75. The van der Waals surface area contributed by atoms with Crippen LogP contribution in [0.3, 0.4) is 0 Å². The second-order valence-corrected chi connectivity index (χ2v) is 2.96. The second-order valence-electron chi connectivity index (χ2n) is 2.96. The first kappa shape index (κ1) is 4.77. The second kappa shape index (κ2) is 1.25. The zero-order valence-electron chi connectivity index (χ0n) is 4.75. The highest BCUT2D eigenvalue weighted by atomic mass is 16.3. The van der Waals surface area contributed by atoms with Gasteiger partial charge < -0.3 is 10.8 Å². The van der Waals surface area contributed by atoms with Crippen LogP contribution in [0, 0.1) is 11.8 Å². The molecule has 0 bridgehead atoms. The summed E-state index contributed by atoms with van der Waals surface area (Å²) in [4.78, 5) is 0. The van der Waals surface area contributed by atoms with E-state index in [1.54, 1.807) is 0 Å². The lowest BCUT2D eigenvalue weighted by molar-refractivity contribution is 0.156. The Balaban J connectivity index is 2.07. The number of hydrogen-bond donors (Lipinski definition) is 2. The van der Waals surface area contributed by atoms with E-state index in [1.807, 2.05) is 0 Å². The molecule has 0 aromatic carbocycles. The molecule has 0 saturated heterocycles. The van der Waals surface area contributed by atoms with E-state index in [9.17, 15) is 0 Å². The van der Waals surface area contributed by atoms with Gasteiger partial charge in [0.15, 0.2) is 0 Å². The van der Waals surface area contributed by atoms with Crippen molar-refractivity contribution in [1.82, 2.24) is 0 Å². The van der Waals surface area contributed by atoms with E-state index in [2.05, 4.69) is 0 Å². The van der Waals surface area contributed by atoms with Crippen molar-refractivity contribution in [3.05, 3.63) is 0 Å². The first-order chi connectivity index (χ1) is 3.80. The molecule has 4 atom stereocenters. The van der Waals surface area contributed by atoms with Gasteiger partial charge in [0.1, 0.15) is 0 Å². The molecule has 2 rings (SSSR count). The van der Waals surface area contributed by atoms with E-state index >= 15 is 0 Å². The van der Waals surface area contributed by atoms with Crippen LogP contribution >= 0.6 is 0 Å². The van der Waals surface area contributed by atoms with Gasteiger partial charge >= 0.3 is 0 Å². The minimum absolute atomic E-state index is 0.0602. The molecule has 0 heterocycles. The molecular formula is C6H11NO. The first-order valence-electron chi connectivity index (χ1n) is 3.24. The van der Waals surface area contributed by atoms with Gasteiger partial charge in [-0.15, -0.1) is 0 Å². The molecule has 8 heavy (non-hydrogen) atoms. The van der Waals surface area contributed by atoms with Gasteiger partial charge in [-0.1, -0.05) is 0 Å². The zero-order chi connectivity index (χ0) is 5.72. The molecule has 2 fully saturated rings. The molecule has 0 amide bonds. The van der Waals surface area contributed by atoms with Crippen molar-refractivity contribution >= 4 is 0 Å². The number of nitrogens with two attached hydrogens (primary N) is 1. The third kappa shape index (κ3) is 0.400. The summed E-state index contributed by atoms with van der Waals surface area (Å²) >= 11 is 0. The number of fused-ring (bicyclic) bond motifs is 1. The van der Waals surface area contributed by atoms with Crippen LogP contribution in [0.2, 0.25) is 0 Å². The fraction of sp³-hybridized carbons (Fsp3) is 1.00. The van der Waals surface area contributed by atoms with E-state index in [0.29, 0.717) is 17.9 Å². The molecule has 2 nitrogen and oxygen atoms in total. The lowest BCUT2D eigenvalue weighted by Gasteiger charge is -2.01. The summed E-state index contributed by atoms with van der Waals surface area (Å²) in [5.74, 6) is 1.17. The third-order valence-electron chi connectivity index (χ3n) is 2.53. The van der Waals surface area contributed by atoms with Crippen molar-refractivity contribution in [3.8, 4) is 0 Å². The van der Waals surface area contributed by atoms with Crippen molar-refractivity contribution in [3.63, 3.8) is 0 Å². The van der Waals surface area contributed by atoms with Gasteiger partial charge in [0.25, 0.3) is 0 Å². The molecule has 0 radical (unpaired) electrons. The number of hydrogen-bond acceptors (Lipinski definition) is 2. The van der Waals surface area contributed by atoms with Crippen LogP contribution in [0.1, 0.15) is 12.8 Å². The Morgan fingerprint density at radius 1 is 1.38 bits per heavy atom. The van der Waals surface area contributed by atoms with Crippen molar-refractivity contribution in [1.29, 1.82) is 0 Å². The van der Waals surface area contributed by atoms with Crippen molar-refractivity contribution in [2.45, 2.75) is 25.0 Å². The monoisotopic (exact) mass is 113 g/mol. The molecule has 2 aliphatic carbocycles. The molecule has 2 heteroatoms. The predicted molar refractivity (Wildman–Crippen MR) is 30.2 cm³/mol. The highest BCUT2D eigenvalue weighted by Crippen LogP contribution is 2.50. The fourth-order valence-corrected chi connectivity index (χ4v) is 1.91. The van der Waals surface area contributed by atoms with Crippen LogP contribution in [0.5, 0.6) is 0 Å². The SMILES string of the molecule is N[C@H]1[C@@H]2CCC(O)[C@H]12. The van der Waals surface area contributed by atoms with E-state index in [0.717, 1.165) is 12.8 Å². The van der Waals surface area contributed by atoms with Crippen molar-refractivity contribution in [2.24, 2.45) is 17.6 Å². The van der Waals surface area contributed by atoms with Crippen LogP contribution in [-0.2, 0) is 0 Å². The Kier molecular flexibility index (Phi) is 0.746. The van der Waals surface area contributed by atoms with E-state index in [4.69, 9.17) is 10.8 Å². The molecule has 0 spiro atoms. The van der Waals surface area contributed by atoms with Crippen molar-refractivity contribution in [2.75, 3.05) is 0 Å². The average molecular weight is 113 g/mol. The van der Waals surface area contributed by atoms with Crippen LogP contribution in [0.4, 0.5) is 0 Å². The summed E-state index contributed by atoms with van der Waals surface area (Å²) in [5, 5.41) is 9.13. The maximum absolute atomic E-state index is 9.13. The number of aliphatic hydroxyl groups is 1. The lowest BCUT2D eigenvalue weighted by Crippen LogP contribution is -2.15. The highest BCUT2D eigenvalue weighted by Gasteiger charge is 2.55. The molecule has 0 aromatic rings. The summed E-state index contributed by atoms with van der Waals surface area (Å²) in [5.41, 5.74) is 5.60. The molecule has 1 unspecified atom stereocenters. The molecule has 3 N–H and O–H groups in total. The van der Waals surface area contributed by atoms with Gasteiger partial charge in [0.2, 0.25) is 0 Å². The number of aliphatic hydroxyl groups excluding tert-OH is 1. The van der Waals surface area contributed by atoms with Gasteiger partial charge in [-0.25, -0.2) is 0 Å². The van der Waals surface area contributed by atoms with Crippen LogP contribution in [0.25, 0.3) is 0 Å². The van der Waals surface area contributed by atoms with E-state index in [-0.39, 0.29) is 6.10 Å². The Labute approximate surface area is 48.7 Å². The fourth-order valence-electron chi connectivity index (χ4n) is 1.91. The third-order valence-corrected chi connectivity index (χ3v) is 2.53. The lowest BCUT2D eigenvalue weighted by atomic mass is 10.2. The predicted octanol–water partition coefficient (Wildman–Crippen LogP) is -0.286. The summed E-state index contributed by atoms with van der Waals surface area (Å²) in [6.07, 6.45) is 2.09. The molecular weight excluding hydrogens is 102 g/mol. The Morgan fingerprint density at radius 3 is 2.38 bits per heavy atom. The molecule has 0 aromatic heterocycles. The summed E-state index contributed by atoms with van der Waals surface area (Å²) in [6.45, 7) is 0. The minimum Gasteiger partial charge on any atom is -0.393 e. The van der Waals surface area contributed by atoms with Gasteiger partial charge in [0, 0.05) is 12.0 Å². The summed E-state index contributed by atoms with van der Waals surface area (Å²) in [6, 6.07) is 0.346. The first-order valence-corrected chi connectivity index (χ1v) is 3.24. The van der Waals surface area contributed by atoms with Gasteiger partial charge in [-0.2, -0.15) is 0 Å². The normalized spacial score (nSPS) is 60.8. The Bertz CT molecular complexity index is 113. The van der Waals surface area contributed by atoms with Gasteiger partial charge in [-0.3, -0.25) is 0 Å². The molecule has 0 aliphatic heterocycles. The largest absolute Gasteiger partial charge is 0.393 e. The standard InChI is InChI=1S/C6H11NO/c7-6-3-1-2-4(8)5(3)6/h3-6,8H,1-2,7H2/t3-,4?,5-,6+/m1/s1. The van der Waals surface area contributed by atoms with E-state index < -0.39 is 0 Å².